The molecule has 2 aliphatic rings. The number of hydrogen-bond donors (Lipinski definition) is 2. The second-order valence-electron chi connectivity index (χ2n) is 5.89. The molecule has 4 atom stereocenters. The van der Waals surface area contributed by atoms with Crippen LogP contribution in [0.2, 0.25) is 0 Å². The number of aliphatic hydroxyl groups excluding tert-OH is 1. The van der Waals surface area contributed by atoms with E-state index in [1.807, 2.05) is 13.8 Å². The monoisotopic (exact) mass is 270 g/mol. The fraction of sp³-hybridized carbons (Fsp3) is 0.846. The number of amides is 2. The first-order chi connectivity index (χ1) is 8.90. The third kappa shape index (κ3) is 2.83. The number of carboxylic acids is 1. The molecule has 0 bridgehead atoms. The van der Waals surface area contributed by atoms with Crippen LogP contribution in [0.5, 0.6) is 0 Å². The molecule has 6 heteroatoms. The summed E-state index contributed by atoms with van der Waals surface area (Å²) in [6.07, 6.45) is 0.312. The van der Waals surface area contributed by atoms with Crippen LogP contribution in [-0.4, -0.2) is 64.3 Å². The number of hydrogen-bond acceptors (Lipinski definition) is 3. The molecule has 2 rings (SSSR count). The third-order valence-electron chi connectivity index (χ3n) is 4.39. The van der Waals surface area contributed by atoms with E-state index in [9.17, 15) is 14.7 Å². The van der Waals surface area contributed by atoms with Gasteiger partial charge in [-0.2, -0.15) is 0 Å². The topological polar surface area (TPSA) is 81.1 Å². The van der Waals surface area contributed by atoms with Crippen LogP contribution in [0.1, 0.15) is 20.3 Å². The highest BCUT2D eigenvalue weighted by Crippen LogP contribution is 2.25. The van der Waals surface area contributed by atoms with E-state index in [2.05, 4.69) is 0 Å². The van der Waals surface area contributed by atoms with Crippen molar-refractivity contribution in [1.82, 2.24) is 9.80 Å². The van der Waals surface area contributed by atoms with Gasteiger partial charge in [-0.25, -0.2) is 4.79 Å². The van der Waals surface area contributed by atoms with Crippen molar-refractivity contribution >= 4 is 12.0 Å². The summed E-state index contributed by atoms with van der Waals surface area (Å²) in [5, 5.41) is 18.9. The van der Waals surface area contributed by atoms with E-state index in [0.717, 1.165) is 6.42 Å². The Morgan fingerprint density at radius 1 is 1.05 bits per heavy atom. The van der Waals surface area contributed by atoms with Crippen molar-refractivity contribution in [3.8, 4) is 0 Å². The molecule has 0 spiro atoms. The van der Waals surface area contributed by atoms with Crippen LogP contribution >= 0.6 is 0 Å². The number of urea groups is 1. The minimum atomic E-state index is -0.838. The number of carbonyl (C=O) groups excluding carboxylic acids is 1. The van der Waals surface area contributed by atoms with Gasteiger partial charge in [0.15, 0.2) is 0 Å². The zero-order valence-corrected chi connectivity index (χ0v) is 11.5. The lowest BCUT2D eigenvalue weighted by Gasteiger charge is -2.36. The molecule has 2 heterocycles. The van der Waals surface area contributed by atoms with Crippen LogP contribution in [0.3, 0.4) is 0 Å². The standard InChI is InChI=1S/C13H22N2O4/c1-8-3-4-14(7-11(8)16)13(19)15-5-9(2)10(6-15)12(17)18/h8-11,16H,3-7H2,1-2H3,(H,17,18). The molecule has 6 nitrogen and oxygen atoms in total. The minimum absolute atomic E-state index is 0.0184. The SMILES string of the molecule is CC1CCN(C(=O)N2CC(C)C(C(=O)O)C2)CC1O. The zero-order chi connectivity index (χ0) is 14.2. The van der Waals surface area contributed by atoms with Gasteiger partial charge in [0.25, 0.3) is 0 Å². The molecule has 0 saturated carbocycles. The number of carbonyl (C=O) groups is 2. The first-order valence-electron chi connectivity index (χ1n) is 6.85. The van der Waals surface area contributed by atoms with E-state index in [4.69, 9.17) is 5.11 Å². The van der Waals surface area contributed by atoms with Gasteiger partial charge in [0.05, 0.1) is 12.0 Å². The summed E-state index contributed by atoms with van der Waals surface area (Å²) in [6, 6.07) is -0.137. The highest BCUT2D eigenvalue weighted by Gasteiger charge is 2.39. The number of rotatable bonds is 1. The highest BCUT2D eigenvalue weighted by atomic mass is 16.4. The summed E-state index contributed by atoms with van der Waals surface area (Å²) in [6.45, 7) is 5.59. The van der Waals surface area contributed by atoms with Crippen molar-refractivity contribution in [3.63, 3.8) is 0 Å². The molecule has 2 saturated heterocycles. The molecular weight excluding hydrogens is 248 g/mol. The van der Waals surface area contributed by atoms with E-state index in [0.29, 0.717) is 19.6 Å². The maximum atomic E-state index is 12.3. The molecule has 2 amide bonds. The molecule has 0 aliphatic carbocycles. The first kappa shape index (κ1) is 14.1. The Bertz CT molecular complexity index is 374. The number of β-amino-alcohol motifs (C(OH)–C–C–N with tert-alkyl or cyclic N) is 1. The minimum Gasteiger partial charge on any atom is -0.481 e. The molecule has 2 N–H and O–H groups in total. The van der Waals surface area contributed by atoms with Gasteiger partial charge < -0.3 is 20.0 Å². The van der Waals surface area contributed by atoms with Crippen LogP contribution in [0.15, 0.2) is 0 Å². The molecule has 2 aliphatic heterocycles. The van der Waals surface area contributed by atoms with Crippen LogP contribution in [0, 0.1) is 17.8 Å². The second-order valence-corrected chi connectivity index (χ2v) is 5.89. The summed E-state index contributed by atoms with van der Waals surface area (Å²) in [5.41, 5.74) is 0. The largest absolute Gasteiger partial charge is 0.481 e. The molecule has 4 unspecified atom stereocenters. The van der Waals surface area contributed by atoms with Crippen molar-refractivity contribution < 1.29 is 19.8 Å². The first-order valence-corrected chi connectivity index (χ1v) is 6.85. The molecule has 108 valence electrons. The van der Waals surface area contributed by atoms with Crippen molar-refractivity contribution in [2.75, 3.05) is 26.2 Å². The van der Waals surface area contributed by atoms with Crippen molar-refractivity contribution in [2.45, 2.75) is 26.4 Å². The molecule has 19 heavy (non-hydrogen) atoms. The number of piperidine rings is 1. The fourth-order valence-corrected chi connectivity index (χ4v) is 2.87. The van der Waals surface area contributed by atoms with E-state index in [1.165, 1.54) is 0 Å². The van der Waals surface area contributed by atoms with Gasteiger partial charge in [0.1, 0.15) is 0 Å². The Kier molecular flexibility index (Phi) is 3.99. The lowest BCUT2D eigenvalue weighted by molar-refractivity contribution is -0.142. The smallest absolute Gasteiger partial charge is 0.320 e. The highest BCUT2D eigenvalue weighted by molar-refractivity contribution is 5.78. The average Bonchev–Trinajstić information content (AvgIpc) is 2.74. The maximum absolute atomic E-state index is 12.3. The Balaban J connectivity index is 1.96. The van der Waals surface area contributed by atoms with Gasteiger partial charge in [-0.15, -0.1) is 0 Å². The van der Waals surface area contributed by atoms with Gasteiger partial charge in [-0.05, 0) is 18.3 Å². The average molecular weight is 270 g/mol. The molecule has 0 aromatic rings. The summed E-state index contributed by atoms with van der Waals surface area (Å²) in [5.74, 6) is -1.11. The number of likely N-dealkylation sites (tertiary alicyclic amines) is 2. The maximum Gasteiger partial charge on any atom is 0.320 e. The molecule has 0 radical (unpaired) electrons. The Hall–Kier alpha value is -1.30. The third-order valence-corrected chi connectivity index (χ3v) is 4.39. The Morgan fingerprint density at radius 2 is 1.74 bits per heavy atom. The molecule has 0 aromatic heterocycles. The summed E-state index contributed by atoms with van der Waals surface area (Å²) >= 11 is 0. The van der Waals surface area contributed by atoms with Crippen molar-refractivity contribution in [3.05, 3.63) is 0 Å². The number of aliphatic hydroxyl groups is 1. The van der Waals surface area contributed by atoms with E-state index in [1.54, 1.807) is 9.80 Å². The fourth-order valence-electron chi connectivity index (χ4n) is 2.87. The van der Waals surface area contributed by atoms with Gasteiger partial charge in [0.2, 0.25) is 0 Å². The number of aliphatic carboxylic acids is 1. The summed E-state index contributed by atoms with van der Waals surface area (Å²) < 4.78 is 0. The lowest BCUT2D eigenvalue weighted by atomic mass is 9.96. The van der Waals surface area contributed by atoms with Crippen molar-refractivity contribution in [1.29, 1.82) is 0 Å². The van der Waals surface area contributed by atoms with Crippen molar-refractivity contribution in [2.24, 2.45) is 17.8 Å². The van der Waals surface area contributed by atoms with Gasteiger partial charge >= 0.3 is 12.0 Å². The van der Waals surface area contributed by atoms with E-state index in [-0.39, 0.29) is 24.4 Å². The number of nitrogens with zero attached hydrogens (tertiary/aromatic N) is 2. The molecule has 2 fully saturated rings. The summed E-state index contributed by atoms with van der Waals surface area (Å²) in [7, 11) is 0. The van der Waals surface area contributed by atoms with Crippen LogP contribution in [-0.2, 0) is 4.79 Å². The number of carboxylic acid groups (broad SMARTS) is 1. The Labute approximate surface area is 113 Å². The predicted molar refractivity (Wildman–Crippen MR) is 68.6 cm³/mol. The van der Waals surface area contributed by atoms with Crippen LogP contribution in [0.4, 0.5) is 4.79 Å². The normalized spacial score (nSPS) is 35.5. The van der Waals surface area contributed by atoms with E-state index < -0.39 is 18.0 Å². The van der Waals surface area contributed by atoms with Crippen LogP contribution in [0.25, 0.3) is 0 Å². The molecular formula is C13H22N2O4. The summed E-state index contributed by atoms with van der Waals surface area (Å²) in [4.78, 5) is 26.6. The predicted octanol–water partition coefficient (Wildman–Crippen LogP) is 0.462. The van der Waals surface area contributed by atoms with E-state index >= 15 is 0 Å². The van der Waals surface area contributed by atoms with Gasteiger partial charge in [0, 0.05) is 26.2 Å². The van der Waals surface area contributed by atoms with Gasteiger partial charge in [-0.1, -0.05) is 13.8 Å². The molecule has 0 aromatic carbocycles. The lowest BCUT2D eigenvalue weighted by Crippen LogP contribution is -2.50. The zero-order valence-electron chi connectivity index (χ0n) is 11.5. The van der Waals surface area contributed by atoms with Gasteiger partial charge in [-0.3, -0.25) is 4.79 Å². The quantitative estimate of drug-likeness (QED) is 0.725. The van der Waals surface area contributed by atoms with Crippen LogP contribution < -0.4 is 0 Å². The Morgan fingerprint density at radius 3 is 2.26 bits per heavy atom. The second kappa shape index (κ2) is 5.36.